The molecule has 0 spiro atoms. The second-order valence-electron chi connectivity index (χ2n) is 4.63. The van der Waals surface area contributed by atoms with Crippen LogP contribution < -0.4 is 0 Å². The van der Waals surface area contributed by atoms with E-state index in [1.54, 1.807) is 18.2 Å². The number of hydrogen-bond donors (Lipinski definition) is 1. The molecule has 2 rings (SSSR count). The Labute approximate surface area is 121 Å². The molecule has 2 aromatic rings. The van der Waals surface area contributed by atoms with E-state index in [4.69, 9.17) is 0 Å². The van der Waals surface area contributed by atoms with Gasteiger partial charge in [-0.1, -0.05) is 59.3 Å². The van der Waals surface area contributed by atoms with Gasteiger partial charge in [-0.25, -0.2) is 4.39 Å². The zero-order chi connectivity index (χ0) is 13.9. The van der Waals surface area contributed by atoms with Gasteiger partial charge in [-0.3, -0.25) is 0 Å². The van der Waals surface area contributed by atoms with E-state index in [0.717, 1.165) is 10.0 Å². The first-order valence-electron chi connectivity index (χ1n) is 6.27. The Morgan fingerprint density at radius 1 is 1.11 bits per heavy atom. The maximum Gasteiger partial charge on any atom is 0.129 e. The predicted octanol–water partition coefficient (Wildman–Crippen LogP) is 4.43. The van der Waals surface area contributed by atoms with Crippen LogP contribution >= 0.6 is 15.9 Å². The highest BCUT2D eigenvalue weighted by atomic mass is 79.9. The van der Waals surface area contributed by atoms with Crippen LogP contribution in [0.15, 0.2) is 53.0 Å². The van der Waals surface area contributed by atoms with Gasteiger partial charge in [-0.05, 0) is 24.1 Å². The summed E-state index contributed by atoms with van der Waals surface area (Å²) in [6.07, 6.45) is 0.834. The lowest BCUT2D eigenvalue weighted by Crippen LogP contribution is -2.29. The lowest BCUT2D eigenvalue weighted by atomic mass is 9.85. The summed E-state index contributed by atoms with van der Waals surface area (Å²) in [6, 6.07) is 14.1. The fourth-order valence-corrected chi connectivity index (χ4v) is 2.63. The molecule has 2 aromatic carbocycles. The van der Waals surface area contributed by atoms with Gasteiger partial charge in [0.15, 0.2) is 0 Å². The van der Waals surface area contributed by atoms with E-state index in [1.807, 2.05) is 31.2 Å². The van der Waals surface area contributed by atoms with Crippen LogP contribution in [-0.2, 0) is 12.0 Å². The van der Waals surface area contributed by atoms with Crippen LogP contribution in [0.1, 0.15) is 24.5 Å². The lowest BCUT2D eigenvalue weighted by molar-refractivity contribution is 0.0290. The third-order valence-corrected chi connectivity index (χ3v) is 4.17. The molecule has 19 heavy (non-hydrogen) atoms. The minimum Gasteiger partial charge on any atom is -0.385 e. The van der Waals surface area contributed by atoms with Crippen molar-refractivity contribution in [3.8, 4) is 0 Å². The fourth-order valence-electron chi connectivity index (χ4n) is 2.21. The monoisotopic (exact) mass is 322 g/mol. The first-order valence-corrected chi connectivity index (χ1v) is 7.07. The summed E-state index contributed by atoms with van der Waals surface area (Å²) < 4.78 is 14.8. The number of benzene rings is 2. The highest BCUT2D eigenvalue weighted by Crippen LogP contribution is 2.33. The molecule has 0 aliphatic rings. The van der Waals surface area contributed by atoms with Gasteiger partial charge in [0, 0.05) is 16.5 Å². The average Bonchev–Trinajstić information content (AvgIpc) is 2.42. The molecule has 0 saturated heterocycles. The Morgan fingerprint density at radius 3 is 2.37 bits per heavy atom. The third-order valence-electron chi connectivity index (χ3n) is 3.40. The summed E-state index contributed by atoms with van der Waals surface area (Å²) in [6.45, 7) is 1.86. The van der Waals surface area contributed by atoms with Crippen molar-refractivity contribution in [1.29, 1.82) is 0 Å². The molecule has 1 atom stereocenters. The predicted molar refractivity (Wildman–Crippen MR) is 78.4 cm³/mol. The van der Waals surface area contributed by atoms with Gasteiger partial charge in [0.05, 0.1) is 5.60 Å². The molecule has 0 aliphatic carbocycles. The van der Waals surface area contributed by atoms with E-state index < -0.39 is 5.60 Å². The second-order valence-corrected chi connectivity index (χ2v) is 5.49. The van der Waals surface area contributed by atoms with Crippen molar-refractivity contribution in [3.05, 3.63) is 69.9 Å². The molecule has 0 heterocycles. The summed E-state index contributed by atoms with van der Waals surface area (Å²) in [4.78, 5) is 0. The smallest absolute Gasteiger partial charge is 0.129 e. The van der Waals surface area contributed by atoms with Crippen molar-refractivity contribution in [2.45, 2.75) is 25.4 Å². The Balaban J connectivity index is 2.39. The molecule has 0 aliphatic heterocycles. The largest absolute Gasteiger partial charge is 0.385 e. The molecule has 0 fully saturated rings. The number of halogens is 2. The molecule has 100 valence electrons. The SMILES string of the molecule is CCC(O)(Cc1ccccc1Br)c1ccccc1F. The summed E-state index contributed by atoms with van der Waals surface area (Å²) in [5.74, 6) is -0.362. The summed E-state index contributed by atoms with van der Waals surface area (Å²) >= 11 is 3.46. The summed E-state index contributed by atoms with van der Waals surface area (Å²) in [5, 5.41) is 10.8. The maximum absolute atomic E-state index is 13.9. The first-order chi connectivity index (χ1) is 9.07. The molecule has 0 bridgehead atoms. The van der Waals surface area contributed by atoms with Crippen molar-refractivity contribution in [2.24, 2.45) is 0 Å². The fraction of sp³-hybridized carbons (Fsp3) is 0.250. The van der Waals surface area contributed by atoms with Crippen LogP contribution in [0.25, 0.3) is 0 Å². The molecule has 0 amide bonds. The van der Waals surface area contributed by atoms with Crippen molar-refractivity contribution in [3.63, 3.8) is 0 Å². The number of aliphatic hydroxyl groups is 1. The Hall–Kier alpha value is -1.19. The van der Waals surface area contributed by atoms with Crippen molar-refractivity contribution in [2.75, 3.05) is 0 Å². The summed E-state index contributed by atoms with van der Waals surface area (Å²) in [7, 11) is 0. The zero-order valence-corrected chi connectivity index (χ0v) is 12.3. The highest BCUT2D eigenvalue weighted by molar-refractivity contribution is 9.10. The zero-order valence-electron chi connectivity index (χ0n) is 10.7. The van der Waals surface area contributed by atoms with E-state index in [-0.39, 0.29) is 5.82 Å². The number of hydrogen-bond acceptors (Lipinski definition) is 1. The number of rotatable bonds is 4. The Kier molecular flexibility index (Phi) is 4.38. The van der Waals surface area contributed by atoms with Crippen LogP contribution in [0.5, 0.6) is 0 Å². The quantitative estimate of drug-likeness (QED) is 0.882. The van der Waals surface area contributed by atoms with Gasteiger partial charge in [0.25, 0.3) is 0 Å². The topological polar surface area (TPSA) is 20.2 Å². The van der Waals surface area contributed by atoms with Crippen LogP contribution in [0.2, 0.25) is 0 Å². The van der Waals surface area contributed by atoms with Crippen molar-refractivity contribution >= 4 is 15.9 Å². The molecule has 0 radical (unpaired) electrons. The van der Waals surface area contributed by atoms with Gasteiger partial charge in [-0.15, -0.1) is 0 Å². The van der Waals surface area contributed by atoms with Gasteiger partial charge in [-0.2, -0.15) is 0 Å². The van der Waals surface area contributed by atoms with Crippen LogP contribution in [0.3, 0.4) is 0 Å². The Morgan fingerprint density at radius 2 is 1.74 bits per heavy atom. The van der Waals surface area contributed by atoms with Gasteiger partial charge >= 0.3 is 0 Å². The minimum atomic E-state index is -1.19. The first kappa shape index (κ1) is 14.2. The lowest BCUT2D eigenvalue weighted by Gasteiger charge is -2.28. The molecule has 1 N–H and O–H groups in total. The molecular formula is C16H16BrFO. The van der Waals surface area contributed by atoms with Crippen LogP contribution in [0.4, 0.5) is 4.39 Å². The minimum absolute atomic E-state index is 0.355. The third kappa shape index (κ3) is 3.04. The van der Waals surface area contributed by atoms with Gasteiger partial charge in [0.1, 0.15) is 5.82 Å². The van der Waals surface area contributed by atoms with Crippen LogP contribution in [-0.4, -0.2) is 5.11 Å². The van der Waals surface area contributed by atoms with Crippen molar-refractivity contribution in [1.82, 2.24) is 0 Å². The van der Waals surface area contributed by atoms with Gasteiger partial charge < -0.3 is 5.11 Å². The summed E-state index contributed by atoms with van der Waals surface area (Å²) in [5.41, 5.74) is 0.137. The molecule has 1 unspecified atom stereocenters. The maximum atomic E-state index is 13.9. The standard InChI is InChI=1S/C16H16BrFO/c1-2-16(19,13-8-4-6-10-15(13)18)11-12-7-3-5-9-14(12)17/h3-10,19H,2,11H2,1H3. The normalized spacial score (nSPS) is 14.1. The van der Waals surface area contributed by atoms with E-state index >= 15 is 0 Å². The van der Waals surface area contributed by atoms with E-state index in [9.17, 15) is 9.50 Å². The molecule has 0 aromatic heterocycles. The van der Waals surface area contributed by atoms with Crippen molar-refractivity contribution < 1.29 is 9.50 Å². The molecule has 3 heteroatoms. The van der Waals surface area contributed by atoms with Crippen LogP contribution in [0, 0.1) is 5.82 Å². The highest BCUT2D eigenvalue weighted by Gasteiger charge is 2.30. The van der Waals surface area contributed by atoms with E-state index in [0.29, 0.717) is 18.4 Å². The molecule has 0 saturated carbocycles. The Bertz CT molecular complexity index is 570. The average molecular weight is 323 g/mol. The molecular weight excluding hydrogens is 307 g/mol. The van der Waals surface area contributed by atoms with E-state index in [1.165, 1.54) is 6.07 Å². The van der Waals surface area contributed by atoms with E-state index in [2.05, 4.69) is 15.9 Å². The van der Waals surface area contributed by atoms with Gasteiger partial charge in [0.2, 0.25) is 0 Å². The molecule has 1 nitrogen and oxygen atoms in total. The second kappa shape index (κ2) is 5.85.